The normalized spacial score (nSPS) is 15.0. The van der Waals surface area contributed by atoms with E-state index < -0.39 is 102 Å². The number of fused-ring (bicyclic) bond motifs is 1. The molecule has 5 rings (SSSR count). The number of rotatable bonds is 34. The van der Waals surface area contributed by atoms with Gasteiger partial charge in [-0.25, -0.2) is 9.97 Å². The van der Waals surface area contributed by atoms with Crippen molar-refractivity contribution >= 4 is 75.7 Å². The number of imidazole rings is 1. The molecule has 30 heteroatoms. The molecule has 1 fully saturated rings. The minimum absolute atomic E-state index is 0.0466. The number of aliphatic imine (C=N–C) groups is 1. The lowest BCUT2D eigenvalue weighted by atomic mass is 9.98. The maximum Gasteiger partial charge on any atom is 0.261 e. The second-order valence-corrected chi connectivity index (χ2v) is 22.3. The number of aromatic nitrogens is 4. The van der Waals surface area contributed by atoms with Crippen LogP contribution in [0.1, 0.15) is 90.3 Å². The number of benzene rings is 2. The molecule has 3 heterocycles. The van der Waals surface area contributed by atoms with Gasteiger partial charge in [0.15, 0.2) is 5.96 Å². The van der Waals surface area contributed by atoms with Crippen molar-refractivity contribution in [2.24, 2.45) is 45.5 Å². The molecule has 0 aliphatic carbocycles. The average Bonchev–Trinajstić information content (AvgIpc) is 2.73. The van der Waals surface area contributed by atoms with E-state index in [4.69, 9.17) is 28.7 Å². The summed E-state index contributed by atoms with van der Waals surface area (Å²) in [6.07, 6.45) is 5.61. The van der Waals surface area contributed by atoms with E-state index in [-0.39, 0.29) is 79.4 Å². The number of guanidine groups is 1. The van der Waals surface area contributed by atoms with Gasteiger partial charge in [0, 0.05) is 70.2 Å². The quantitative estimate of drug-likeness (QED) is 0.0127. The van der Waals surface area contributed by atoms with Crippen molar-refractivity contribution in [1.82, 2.24) is 61.6 Å². The second-order valence-electron chi connectivity index (χ2n) is 22.3. The number of H-pyrrole nitrogens is 1. The van der Waals surface area contributed by atoms with E-state index >= 15 is 0 Å². The highest BCUT2D eigenvalue weighted by Crippen LogP contribution is 2.22. The summed E-state index contributed by atoms with van der Waals surface area (Å²) in [6.45, 7) is 8.77. The Labute approximate surface area is 510 Å². The van der Waals surface area contributed by atoms with Crippen molar-refractivity contribution in [1.29, 1.82) is 0 Å². The molecule has 0 saturated carbocycles. The largest absolute Gasteiger partial charge is 0.508 e. The van der Waals surface area contributed by atoms with E-state index in [1.807, 2.05) is 18.7 Å². The van der Waals surface area contributed by atoms with Gasteiger partial charge in [0.2, 0.25) is 53.2 Å². The topological polar surface area (TPSA) is 471 Å². The van der Waals surface area contributed by atoms with Crippen LogP contribution in [-0.4, -0.2) is 177 Å². The van der Waals surface area contributed by atoms with Crippen LogP contribution in [0.15, 0.2) is 71.1 Å². The van der Waals surface area contributed by atoms with Gasteiger partial charge in [-0.2, -0.15) is 0 Å². The monoisotopic (exact) mass is 1230 g/mol. The van der Waals surface area contributed by atoms with Gasteiger partial charge in [0.25, 0.3) is 5.56 Å². The van der Waals surface area contributed by atoms with E-state index in [0.717, 1.165) is 4.57 Å². The number of hydrogen-bond acceptors (Lipinski definition) is 17. The number of nitrogens with one attached hydrogen (secondary N) is 8. The van der Waals surface area contributed by atoms with E-state index in [9.17, 15) is 53.1 Å². The Morgan fingerprint density at radius 2 is 1.34 bits per heavy atom. The van der Waals surface area contributed by atoms with Crippen LogP contribution in [0, 0.1) is 11.8 Å². The molecule has 0 bridgehead atoms. The first-order valence-electron chi connectivity index (χ1n) is 29.5. The predicted octanol–water partition coefficient (Wildman–Crippen LogP) is -2.91. The summed E-state index contributed by atoms with van der Waals surface area (Å²) in [7, 11) is 1.31. The van der Waals surface area contributed by atoms with Crippen LogP contribution in [-0.2, 0) is 62.5 Å². The Kier molecular flexibility index (Phi) is 27.1. The molecule has 9 amide bonds. The van der Waals surface area contributed by atoms with Gasteiger partial charge in [0.1, 0.15) is 48.5 Å². The lowest BCUT2D eigenvalue weighted by Gasteiger charge is -2.38. The first-order valence-corrected chi connectivity index (χ1v) is 29.5. The molecule has 0 unspecified atom stereocenters. The summed E-state index contributed by atoms with van der Waals surface area (Å²) in [5.74, 6) is -6.92. The van der Waals surface area contributed by atoms with Crippen molar-refractivity contribution in [3.05, 3.63) is 82.9 Å². The second kappa shape index (κ2) is 34.2. The molecule has 2 aromatic heterocycles. The van der Waals surface area contributed by atoms with Crippen LogP contribution in [0.2, 0.25) is 0 Å². The number of primary amides is 1. The van der Waals surface area contributed by atoms with Crippen LogP contribution in [0.5, 0.6) is 5.75 Å². The average molecular weight is 1230 g/mol. The van der Waals surface area contributed by atoms with E-state index in [1.165, 1.54) is 50.2 Å². The van der Waals surface area contributed by atoms with E-state index in [2.05, 4.69) is 57.2 Å². The molecule has 1 aliphatic heterocycles. The highest BCUT2D eigenvalue weighted by atomic mass is 16.3. The third kappa shape index (κ3) is 21.3. The zero-order valence-electron chi connectivity index (χ0n) is 50.6. The molecule has 4 aromatic rings. The van der Waals surface area contributed by atoms with Crippen molar-refractivity contribution in [2.45, 2.75) is 141 Å². The van der Waals surface area contributed by atoms with Gasteiger partial charge in [-0.3, -0.25) is 57.5 Å². The number of phenols is 1. The molecule has 88 heavy (non-hydrogen) atoms. The van der Waals surface area contributed by atoms with Gasteiger partial charge in [-0.15, -0.1) is 0 Å². The number of hydrogen-bond donors (Lipinski definition) is 14. The van der Waals surface area contributed by atoms with Crippen LogP contribution in [0.3, 0.4) is 0 Å². The Morgan fingerprint density at radius 1 is 0.727 bits per heavy atom. The molecule has 2 aromatic carbocycles. The maximum atomic E-state index is 14.6. The number of nitrogens with two attached hydrogens (primary N) is 5. The predicted molar refractivity (Wildman–Crippen MR) is 328 cm³/mol. The Hall–Kier alpha value is -9.19. The number of carbonyl (C=O) groups excluding carboxylic acids is 9. The first-order chi connectivity index (χ1) is 41.9. The highest BCUT2D eigenvalue weighted by Gasteiger charge is 2.35. The molecule has 30 nitrogen and oxygen atoms in total. The number of likely N-dealkylation sites (N-methyl/N-ethyl adjacent to an activating group) is 1. The minimum atomic E-state index is -1.46. The number of aromatic hydroxyl groups is 1. The molecule has 1 saturated heterocycles. The van der Waals surface area contributed by atoms with Gasteiger partial charge < -0.3 is 85.8 Å². The fourth-order valence-corrected chi connectivity index (χ4v) is 9.84. The zero-order chi connectivity index (χ0) is 64.6. The Morgan fingerprint density at radius 3 is 1.94 bits per heavy atom. The summed E-state index contributed by atoms with van der Waals surface area (Å²) in [6, 6.07) is 2.47. The van der Waals surface area contributed by atoms with Gasteiger partial charge in [-0.1, -0.05) is 46.2 Å². The maximum absolute atomic E-state index is 14.6. The Bertz CT molecular complexity index is 3110. The molecule has 19 N–H and O–H groups in total. The lowest BCUT2D eigenvalue weighted by Crippen LogP contribution is -2.60. The number of anilines is 1. The summed E-state index contributed by atoms with van der Waals surface area (Å²) in [5.41, 5.74) is 29.8. The van der Waals surface area contributed by atoms with Crippen LogP contribution < -0.4 is 76.3 Å². The van der Waals surface area contributed by atoms with Gasteiger partial charge >= 0.3 is 0 Å². The zero-order valence-corrected chi connectivity index (χ0v) is 50.6. The molecule has 1 aliphatic rings. The van der Waals surface area contributed by atoms with Crippen LogP contribution in [0.4, 0.5) is 5.69 Å². The molecule has 8 atom stereocenters. The summed E-state index contributed by atoms with van der Waals surface area (Å²) < 4.78 is 1.09. The van der Waals surface area contributed by atoms with E-state index in [0.29, 0.717) is 80.9 Å². The van der Waals surface area contributed by atoms with Crippen molar-refractivity contribution in [2.75, 3.05) is 51.2 Å². The number of carbonyl (C=O) groups is 9. The number of phenolic OH excluding ortho intramolecular Hbond substituents is 1. The fourth-order valence-electron chi connectivity index (χ4n) is 9.84. The van der Waals surface area contributed by atoms with Crippen LogP contribution >= 0.6 is 0 Å². The van der Waals surface area contributed by atoms with Crippen molar-refractivity contribution in [3.8, 4) is 5.75 Å². The van der Waals surface area contributed by atoms with Crippen molar-refractivity contribution in [3.63, 3.8) is 0 Å². The minimum Gasteiger partial charge on any atom is -0.508 e. The standard InChI is InChI=1S/C58H87N19O11/c1-6-34(4)49(61)55(86)70-42(10-7-8-18-59)57(88)76-22-20-75(21-23-76)37-14-17-40-39(27-37)56(87)77(32-68-40)30-48(80)69-41(11-9-19-66-58(62)63)51(82)73-45(26-36-29-65-31-67-36)54(85)72-44(25-35-12-15-38(78)16-13-35)53(84)71-43(24-33(2)3)52(83)74-46(28-47(60)79)50(81)64-5/h12-17,27,29,31-34,41-46,49,78H,6-11,18-26,28,30,59,61H2,1-5H3,(H2,60,79)(H,64,81)(H,65,67)(H,69,80)(H,70,86)(H,71,84)(H,72,85)(H,73,82)(H,74,83)(H4,62,63,66)/t34-,41-,42-,43-,44-,45-,46-,49+/m0/s1. The summed E-state index contributed by atoms with van der Waals surface area (Å²) >= 11 is 0. The highest BCUT2D eigenvalue weighted by molar-refractivity contribution is 5.97. The Balaban J connectivity index is 1.35. The summed E-state index contributed by atoms with van der Waals surface area (Å²) in [5, 5.41) is 28.7. The number of amides is 9. The molecule has 0 spiro atoms. The SMILES string of the molecule is CC[C@H](C)[C@@H](N)C(=O)N[C@@H](CCCCN)C(=O)N1CCN(c2ccc3ncn(CC(=O)N[C@@H](CCCN=C(N)N)C(=O)N[C@@H](Cc4cnc[nH]4)C(=O)N[C@@H](Cc4ccc(O)cc4)C(=O)N[C@@H](CC(C)C)C(=O)N[C@@H](CC(N)=O)C(=O)NC)c(=O)c3c2)CC1. The van der Waals surface area contributed by atoms with Crippen molar-refractivity contribution < 1.29 is 48.3 Å². The lowest BCUT2D eigenvalue weighted by molar-refractivity contribution is -0.137. The smallest absolute Gasteiger partial charge is 0.261 e. The molecular weight excluding hydrogens is 1140 g/mol. The van der Waals surface area contributed by atoms with E-state index in [1.54, 1.807) is 36.9 Å². The number of nitrogens with zero attached hydrogens (tertiary/aromatic N) is 6. The first kappa shape index (κ1) is 69.6. The third-order valence-electron chi connectivity index (χ3n) is 15.0. The number of unbranched alkanes of at least 4 members (excludes halogenated alkanes) is 1. The number of aromatic amines is 1. The van der Waals surface area contributed by atoms with Crippen LogP contribution in [0.25, 0.3) is 10.9 Å². The fraction of sp³-hybridized carbons (Fsp3) is 0.534. The molecular formula is C58H87N19O11. The molecule has 480 valence electrons. The molecule has 0 radical (unpaired) electrons. The number of piperazine rings is 1. The van der Waals surface area contributed by atoms with Gasteiger partial charge in [0.05, 0.1) is 36.0 Å². The third-order valence-corrected chi connectivity index (χ3v) is 15.0. The van der Waals surface area contributed by atoms with Gasteiger partial charge in [-0.05, 0) is 92.8 Å². The summed E-state index contributed by atoms with van der Waals surface area (Å²) in [4.78, 5) is 156.